The van der Waals surface area contributed by atoms with Crippen molar-refractivity contribution in [2.24, 2.45) is 0 Å². The molecule has 1 atom stereocenters. The molecule has 0 fully saturated rings. The van der Waals surface area contributed by atoms with Gasteiger partial charge in [0.05, 0.1) is 16.7 Å². The number of hydrogen-bond acceptors (Lipinski definition) is 5. The molecular weight excluding hydrogens is 260 g/mol. The average molecular weight is 278 g/mol. The van der Waals surface area contributed by atoms with Crippen LogP contribution in [0.25, 0.3) is 0 Å². The minimum Gasteiger partial charge on any atom is -0.491 e. The van der Waals surface area contributed by atoms with Gasteiger partial charge in [0.15, 0.2) is 0 Å². The molecule has 1 N–H and O–H groups in total. The maximum Gasteiger partial charge on any atom is 0.120 e. The lowest BCUT2D eigenvalue weighted by atomic mass is 10.1. The van der Waals surface area contributed by atoms with Crippen LogP contribution in [0, 0.1) is 0 Å². The fourth-order valence-corrected chi connectivity index (χ4v) is 2.60. The van der Waals surface area contributed by atoms with Crippen molar-refractivity contribution in [2.75, 3.05) is 0 Å². The highest BCUT2D eigenvalue weighted by molar-refractivity contribution is 7.05. The van der Waals surface area contributed by atoms with Crippen molar-refractivity contribution in [1.82, 2.24) is 9.59 Å². The van der Waals surface area contributed by atoms with Crippen LogP contribution in [-0.4, -0.2) is 20.8 Å². The van der Waals surface area contributed by atoms with Crippen LogP contribution in [0.5, 0.6) is 5.75 Å². The van der Waals surface area contributed by atoms with Gasteiger partial charge >= 0.3 is 0 Å². The van der Waals surface area contributed by atoms with Crippen molar-refractivity contribution in [3.05, 3.63) is 40.4 Å². The van der Waals surface area contributed by atoms with Crippen molar-refractivity contribution in [1.29, 1.82) is 0 Å². The van der Waals surface area contributed by atoms with E-state index < -0.39 is 6.10 Å². The Morgan fingerprint density at radius 2 is 2.16 bits per heavy atom. The highest BCUT2D eigenvalue weighted by atomic mass is 32.1. The molecule has 0 saturated heterocycles. The van der Waals surface area contributed by atoms with Gasteiger partial charge in [-0.25, -0.2) is 0 Å². The number of aliphatic hydroxyl groups is 1. The van der Waals surface area contributed by atoms with Gasteiger partial charge in [0.25, 0.3) is 0 Å². The Kier molecular flexibility index (Phi) is 4.50. The molecule has 2 rings (SSSR count). The lowest BCUT2D eigenvalue weighted by Gasteiger charge is -2.13. The second-order valence-corrected chi connectivity index (χ2v) is 5.36. The van der Waals surface area contributed by atoms with Crippen LogP contribution >= 0.6 is 11.5 Å². The first-order valence-corrected chi connectivity index (χ1v) is 7.15. The second-order valence-electron chi connectivity index (χ2n) is 4.58. The summed E-state index contributed by atoms with van der Waals surface area (Å²) in [4.78, 5) is 0.809. The summed E-state index contributed by atoms with van der Waals surface area (Å²) in [6.07, 6.45) is 0.194. The first-order valence-electron chi connectivity index (χ1n) is 6.37. The van der Waals surface area contributed by atoms with Gasteiger partial charge in [0, 0.05) is 0 Å². The van der Waals surface area contributed by atoms with Crippen LogP contribution in [0.4, 0.5) is 0 Å². The van der Waals surface area contributed by atoms with Crippen LogP contribution in [0.15, 0.2) is 24.3 Å². The normalized spacial score (nSPS) is 12.7. The molecule has 0 aliphatic carbocycles. The van der Waals surface area contributed by atoms with Crippen molar-refractivity contribution < 1.29 is 9.84 Å². The van der Waals surface area contributed by atoms with Gasteiger partial charge in [-0.2, -0.15) is 0 Å². The van der Waals surface area contributed by atoms with Crippen LogP contribution in [0.1, 0.15) is 43.0 Å². The standard InChI is InChI=1S/C14H18N2O2S/c1-4-12-14(19-16-15-12)13(17)10-6-5-7-11(8-10)18-9(2)3/h5-9,13,17H,4H2,1-3H3. The maximum absolute atomic E-state index is 10.4. The smallest absolute Gasteiger partial charge is 0.120 e. The SMILES string of the molecule is CCc1nnsc1C(O)c1cccc(OC(C)C)c1. The molecule has 1 aromatic heterocycles. The van der Waals surface area contributed by atoms with Gasteiger partial charge < -0.3 is 9.84 Å². The van der Waals surface area contributed by atoms with E-state index in [0.717, 1.165) is 28.3 Å². The molecule has 2 aromatic rings. The topological polar surface area (TPSA) is 55.2 Å². The fourth-order valence-electron chi connectivity index (χ4n) is 1.85. The first-order chi connectivity index (χ1) is 9.11. The molecule has 0 radical (unpaired) electrons. The number of hydrogen-bond donors (Lipinski definition) is 1. The number of nitrogens with zero attached hydrogens (tertiary/aromatic N) is 2. The summed E-state index contributed by atoms with van der Waals surface area (Å²) in [6.45, 7) is 5.96. The zero-order valence-corrected chi connectivity index (χ0v) is 12.1. The van der Waals surface area contributed by atoms with Crippen molar-refractivity contribution in [2.45, 2.75) is 39.4 Å². The molecule has 19 heavy (non-hydrogen) atoms. The van der Waals surface area contributed by atoms with E-state index in [-0.39, 0.29) is 6.10 Å². The number of aromatic nitrogens is 2. The summed E-state index contributed by atoms with van der Waals surface area (Å²) in [5.41, 5.74) is 1.66. The molecular formula is C14H18N2O2S. The summed E-state index contributed by atoms with van der Waals surface area (Å²) in [5, 5.41) is 14.5. The van der Waals surface area contributed by atoms with Crippen molar-refractivity contribution in [3.8, 4) is 5.75 Å². The van der Waals surface area contributed by atoms with Gasteiger partial charge in [0.2, 0.25) is 0 Å². The number of aryl methyl sites for hydroxylation is 1. The Labute approximate surface area is 117 Å². The molecule has 1 heterocycles. The van der Waals surface area contributed by atoms with E-state index in [1.165, 1.54) is 11.5 Å². The number of aliphatic hydroxyl groups excluding tert-OH is 1. The van der Waals surface area contributed by atoms with E-state index in [4.69, 9.17) is 4.74 Å². The molecule has 4 nitrogen and oxygen atoms in total. The molecule has 0 spiro atoms. The molecule has 0 amide bonds. The van der Waals surface area contributed by atoms with E-state index in [1.54, 1.807) is 0 Å². The van der Waals surface area contributed by atoms with Crippen LogP contribution in [-0.2, 0) is 6.42 Å². The first kappa shape index (κ1) is 14.0. The van der Waals surface area contributed by atoms with Crippen LogP contribution in [0.3, 0.4) is 0 Å². The summed E-state index contributed by atoms with van der Waals surface area (Å²) < 4.78 is 9.55. The molecule has 5 heteroatoms. The Bertz CT molecular complexity index is 540. The zero-order chi connectivity index (χ0) is 13.8. The Morgan fingerprint density at radius 3 is 2.84 bits per heavy atom. The molecule has 1 aromatic carbocycles. The lowest BCUT2D eigenvalue weighted by Crippen LogP contribution is -2.06. The number of benzene rings is 1. The maximum atomic E-state index is 10.4. The van der Waals surface area contributed by atoms with Crippen LogP contribution in [0.2, 0.25) is 0 Å². The second kappa shape index (κ2) is 6.12. The fraction of sp³-hybridized carbons (Fsp3) is 0.429. The molecule has 0 saturated carbocycles. The summed E-state index contributed by atoms with van der Waals surface area (Å²) in [5.74, 6) is 0.766. The van der Waals surface area contributed by atoms with Crippen LogP contribution < -0.4 is 4.74 Å². The summed E-state index contributed by atoms with van der Waals surface area (Å²) >= 11 is 1.24. The minimum atomic E-state index is -0.689. The molecule has 102 valence electrons. The van der Waals surface area contributed by atoms with E-state index in [2.05, 4.69) is 9.59 Å². The van der Waals surface area contributed by atoms with Gasteiger partial charge in [0.1, 0.15) is 11.9 Å². The van der Waals surface area contributed by atoms with Gasteiger partial charge in [-0.1, -0.05) is 23.5 Å². The van der Waals surface area contributed by atoms with E-state index >= 15 is 0 Å². The quantitative estimate of drug-likeness (QED) is 0.913. The Hall–Kier alpha value is -1.46. The van der Waals surface area contributed by atoms with Crippen molar-refractivity contribution >= 4 is 11.5 Å². The van der Waals surface area contributed by atoms with Gasteiger partial charge in [-0.3, -0.25) is 0 Å². The molecule has 0 aliphatic heterocycles. The van der Waals surface area contributed by atoms with E-state index in [1.807, 2.05) is 45.0 Å². The predicted octanol–water partition coefficient (Wildman–Crippen LogP) is 2.97. The largest absolute Gasteiger partial charge is 0.491 e. The minimum absolute atomic E-state index is 0.115. The number of ether oxygens (including phenoxy) is 1. The third-order valence-corrected chi connectivity index (χ3v) is 3.53. The van der Waals surface area contributed by atoms with Crippen molar-refractivity contribution in [3.63, 3.8) is 0 Å². The van der Waals surface area contributed by atoms with E-state index in [9.17, 15) is 5.11 Å². The van der Waals surface area contributed by atoms with E-state index in [0.29, 0.717) is 0 Å². The third kappa shape index (κ3) is 3.30. The summed E-state index contributed by atoms with van der Waals surface area (Å²) in [7, 11) is 0. The molecule has 0 bridgehead atoms. The highest BCUT2D eigenvalue weighted by Crippen LogP contribution is 2.29. The molecule has 0 aliphatic rings. The van der Waals surface area contributed by atoms with Gasteiger partial charge in [-0.05, 0) is 49.5 Å². The highest BCUT2D eigenvalue weighted by Gasteiger charge is 2.18. The third-order valence-electron chi connectivity index (χ3n) is 2.71. The Morgan fingerprint density at radius 1 is 1.37 bits per heavy atom. The predicted molar refractivity (Wildman–Crippen MR) is 75.6 cm³/mol. The zero-order valence-electron chi connectivity index (χ0n) is 11.3. The molecule has 1 unspecified atom stereocenters. The summed E-state index contributed by atoms with van der Waals surface area (Å²) in [6, 6.07) is 7.53. The average Bonchev–Trinajstić information content (AvgIpc) is 2.85. The number of rotatable bonds is 5. The lowest BCUT2D eigenvalue weighted by molar-refractivity contribution is 0.218. The Balaban J connectivity index is 2.26. The van der Waals surface area contributed by atoms with Gasteiger partial charge in [-0.15, -0.1) is 5.10 Å². The monoisotopic (exact) mass is 278 g/mol.